The zero-order valence-corrected chi connectivity index (χ0v) is 25.4. The summed E-state index contributed by atoms with van der Waals surface area (Å²) in [6.07, 6.45) is 0.524. The summed E-state index contributed by atoms with van der Waals surface area (Å²) in [6.45, 7) is 9.55. The Hall–Kier alpha value is -5.00. The maximum atomic E-state index is 14.2. The van der Waals surface area contributed by atoms with Crippen molar-refractivity contribution in [3.63, 3.8) is 0 Å². The highest BCUT2D eigenvalue weighted by Crippen LogP contribution is 2.28. The number of aryl methyl sites for hydroxylation is 2. The molecule has 0 saturated heterocycles. The highest BCUT2D eigenvalue weighted by Gasteiger charge is 2.31. The van der Waals surface area contributed by atoms with Gasteiger partial charge in [-0.15, -0.1) is 0 Å². The Morgan fingerprint density at radius 1 is 1.07 bits per heavy atom. The lowest BCUT2D eigenvalue weighted by atomic mass is 10.0. The zero-order chi connectivity index (χ0) is 32.3. The van der Waals surface area contributed by atoms with Crippen LogP contribution < -0.4 is 15.4 Å². The Kier molecular flexibility index (Phi) is 9.22. The van der Waals surface area contributed by atoms with Gasteiger partial charge in [-0.05, 0) is 76.1 Å². The van der Waals surface area contributed by atoms with Crippen LogP contribution in [0.2, 0.25) is 0 Å². The number of carbonyl (C=O) groups excluding carboxylic acids is 2. The number of amides is 3. The average Bonchev–Trinajstić information content (AvgIpc) is 3.25. The van der Waals surface area contributed by atoms with Gasteiger partial charge < -0.3 is 25.4 Å². The highest BCUT2D eigenvalue weighted by atomic mass is 19.1. The smallest absolute Gasteiger partial charge is 0.407 e. The van der Waals surface area contributed by atoms with Gasteiger partial charge in [0, 0.05) is 30.9 Å². The fourth-order valence-corrected chi connectivity index (χ4v) is 4.88. The van der Waals surface area contributed by atoms with E-state index in [9.17, 15) is 28.3 Å². The molecule has 2 heterocycles. The minimum absolute atomic E-state index is 0.0918. The summed E-state index contributed by atoms with van der Waals surface area (Å²) in [5, 5.41) is 15.7. The van der Waals surface area contributed by atoms with Crippen LogP contribution in [0.3, 0.4) is 0 Å². The first kappa shape index (κ1) is 31.9. The number of halogens is 2. The molecular formula is C32H35F2N5O5. The number of anilines is 1. The van der Waals surface area contributed by atoms with Gasteiger partial charge in [-0.2, -0.15) is 0 Å². The summed E-state index contributed by atoms with van der Waals surface area (Å²) in [7, 11) is 0. The SMILES string of the molecule is CC(=O)Nc1cccc(C(CN(C(=O)O)C(C)(C)C)NC(=O)c2c(C)nc3c(OCc4c(F)cccc4F)cc(C)cn23)c1. The van der Waals surface area contributed by atoms with Crippen molar-refractivity contribution in [3.05, 3.63) is 94.4 Å². The Morgan fingerprint density at radius 3 is 2.34 bits per heavy atom. The standard InChI is InChI=1S/C32H35F2N5O5/c1-18-13-27(44-17-23-24(33)11-8-12-25(23)34)29-35-19(2)28(38(29)15-18)30(41)37-26(16-39(31(42)43)32(4,5)6)21-9-7-10-22(14-21)36-20(3)40/h7-15,26H,16-17H2,1-6H3,(H,36,40)(H,37,41)(H,42,43). The number of hydrogen-bond donors (Lipinski definition) is 3. The first-order chi connectivity index (χ1) is 20.6. The number of nitrogens with one attached hydrogen (secondary N) is 2. The van der Waals surface area contributed by atoms with E-state index in [-0.39, 0.29) is 35.1 Å². The maximum Gasteiger partial charge on any atom is 0.407 e. The Morgan fingerprint density at radius 2 is 1.73 bits per heavy atom. The van der Waals surface area contributed by atoms with E-state index in [1.165, 1.54) is 22.3 Å². The fraction of sp³-hybridized carbons (Fsp3) is 0.312. The molecule has 4 aromatic rings. The summed E-state index contributed by atoms with van der Waals surface area (Å²) in [5.74, 6) is -2.09. The number of aromatic nitrogens is 2. The number of carboxylic acid groups (broad SMARTS) is 1. The first-order valence-corrected chi connectivity index (χ1v) is 13.9. The van der Waals surface area contributed by atoms with E-state index < -0.39 is 41.8 Å². The van der Waals surface area contributed by atoms with Crippen LogP contribution in [0.4, 0.5) is 19.3 Å². The minimum Gasteiger partial charge on any atom is -0.485 e. The lowest BCUT2D eigenvalue weighted by molar-refractivity contribution is -0.114. The van der Waals surface area contributed by atoms with E-state index in [0.717, 1.165) is 12.1 Å². The van der Waals surface area contributed by atoms with E-state index in [0.29, 0.717) is 22.5 Å². The van der Waals surface area contributed by atoms with Gasteiger partial charge in [0.15, 0.2) is 11.4 Å². The second-order valence-electron chi connectivity index (χ2n) is 11.5. The molecule has 0 fully saturated rings. The third kappa shape index (κ3) is 7.13. The molecule has 1 unspecified atom stereocenters. The van der Waals surface area contributed by atoms with Gasteiger partial charge in [-0.3, -0.25) is 14.0 Å². The normalized spacial score (nSPS) is 12.1. The quantitative estimate of drug-likeness (QED) is 0.214. The van der Waals surface area contributed by atoms with Crippen molar-refractivity contribution in [1.82, 2.24) is 19.6 Å². The molecule has 0 aliphatic heterocycles. The predicted molar refractivity (Wildman–Crippen MR) is 161 cm³/mol. The number of carbonyl (C=O) groups is 3. The number of pyridine rings is 1. The molecule has 0 radical (unpaired) electrons. The topological polar surface area (TPSA) is 125 Å². The summed E-state index contributed by atoms with van der Waals surface area (Å²) < 4.78 is 35.8. The van der Waals surface area contributed by atoms with Crippen LogP contribution in [0.5, 0.6) is 5.75 Å². The van der Waals surface area contributed by atoms with Crippen molar-refractivity contribution < 1.29 is 33.0 Å². The highest BCUT2D eigenvalue weighted by molar-refractivity contribution is 5.95. The Balaban J connectivity index is 1.72. The second-order valence-corrected chi connectivity index (χ2v) is 11.5. The minimum atomic E-state index is -1.16. The average molecular weight is 608 g/mol. The van der Waals surface area contributed by atoms with E-state index in [1.54, 1.807) is 71.1 Å². The molecule has 3 N–H and O–H groups in total. The van der Waals surface area contributed by atoms with Crippen LogP contribution in [0.1, 0.15) is 66.6 Å². The molecular weight excluding hydrogens is 572 g/mol. The number of ether oxygens (including phenoxy) is 1. The molecule has 44 heavy (non-hydrogen) atoms. The van der Waals surface area contributed by atoms with Gasteiger partial charge in [0.25, 0.3) is 5.91 Å². The molecule has 0 saturated carbocycles. The van der Waals surface area contributed by atoms with E-state index >= 15 is 0 Å². The van der Waals surface area contributed by atoms with Crippen LogP contribution in [0, 0.1) is 25.5 Å². The monoisotopic (exact) mass is 607 g/mol. The third-order valence-electron chi connectivity index (χ3n) is 6.97. The Labute approximate surface area is 253 Å². The molecule has 0 aliphatic rings. The molecule has 4 rings (SSSR count). The van der Waals surface area contributed by atoms with E-state index in [1.807, 2.05) is 0 Å². The van der Waals surface area contributed by atoms with E-state index in [4.69, 9.17) is 4.74 Å². The van der Waals surface area contributed by atoms with Gasteiger partial charge in [-0.1, -0.05) is 18.2 Å². The number of imidazole rings is 1. The van der Waals surface area contributed by atoms with Gasteiger partial charge in [0.2, 0.25) is 5.91 Å². The molecule has 2 aromatic heterocycles. The summed E-state index contributed by atoms with van der Waals surface area (Å²) >= 11 is 0. The van der Waals surface area contributed by atoms with E-state index in [2.05, 4.69) is 15.6 Å². The number of hydrogen-bond acceptors (Lipinski definition) is 5. The molecule has 2 aromatic carbocycles. The zero-order valence-electron chi connectivity index (χ0n) is 25.4. The van der Waals surface area contributed by atoms with Gasteiger partial charge in [0.05, 0.1) is 17.3 Å². The number of rotatable bonds is 9. The van der Waals surface area contributed by atoms with Crippen LogP contribution in [-0.4, -0.2) is 49.4 Å². The van der Waals surface area contributed by atoms with Crippen LogP contribution >= 0.6 is 0 Å². The van der Waals surface area contributed by atoms with Crippen molar-refractivity contribution in [2.24, 2.45) is 0 Å². The van der Waals surface area contributed by atoms with Crippen LogP contribution in [0.25, 0.3) is 5.65 Å². The van der Waals surface area contributed by atoms with Gasteiger partial charge >= 0.3 is 6.09 Å². The van der Waals surface area contributed by atoms with Crippen LogP contribution in [0.15, 0.2) is 54.7 Å². The second kappa shape index (κ2) is 12.7. The Bertz CT molecular complexity index is 1710. The number of benzene rings is 2. The van der Waals surface area contributed by atoms with Crippen molar-refractivity contribution in [2.75, 3.05) is 11.9 Å². The molecule has 3 amide bonds. The van der Waals surface area contributed by atoms with Crippen molar-refractivity contribution in [3.8, 4) is 5.75 Å². The summed E-state index contributed by atoms with van der Waals surface area (Å²) in [5.41, 5.74) is 1.51. The predicted octanol–water partition coefficient (Wildman–Crippen LogP) is 6.02. The fourth-order valence-electron chi connectivity index (χ4n) is 4.88. The molecule has 10 nitrogen and oxygen atoms in total. The molecule has 12 heteroatoms. The van der Waals surface area contributed by atoms with Crippen molar-refractivity contribution >= 4 is 29.2 Å². The number of nitrogens with zero attached hydrogens (tertiary/aromatic N) is 3. The maximum absolute atomic E-state index is 14.2. The molecule has 0 bridgehead atoms. The molecule has 1 atom stereocenters. The molecule has 232 valence electrons. The summed E-state index contributed by atoms with van der Waals surface area (Å²) in [6, 6.07) is 11.2. The molecule has 0 spiro atoms. The lowest BCUT2D eigenvalue weighted by Gasteiger charge is -2.36. The summed E-state index contributed by atoms with van der Waals surface area (Å²) in [4.78, 5) is 43.6. The van der Waals surface area contributed by atoms with Gasteiger partial charge in [0.1, 0.15) is 23.9 Å². The third-order valence-corrected chi connectivity index (χ3v) is 6.97. The molecule has 0 aliphatic carbocycles. The van der Waals surface area contributed by atoms with Crippen molar-refractivity contribution in [2.45, 2.75) is 59.7 Å². The first-order valence-electron chi connectivity index (χ1n) is 13.9. The largest absolute Gasteiger partial charge is 0.485 e. The number of fused-ring (bicyclic) bond motifs is 1. The lowest BCUT2D eigenvalue weighted by Crippen LogP contribution is -2.49. The van der Waals surface area contributed by atoms with Crippen LogP contribution in [-0.2, 0) is 11.4 Å². The van der Waals surface area contributed by atoms with Crippen molar-refractivity contribution in [1.29, 1.82) is 0 Å². The van der Waals surface area contributed by atoms with Gasteiger partial charge in [-0.25, -0.2) is 18.6 Å².